The molecule has 0 amide bonds. The lowest BCUT2D eigenvalue weighted by molar-refractivity contribution is -0.00518. The molecule has 0 saturated heterocycles. The molecule has 5 nitrogen and oxygen atoms in total. The summed E-state index contributed by atoms with van der Waals surface area (Å²) >= 11 is 0. The van der Waals surface area contributed by atoms with Crippen LogP contribution in [0.15, 0.2) is 158 Å². The van der Waals surface area contributed by atoms with Gasteiger partial charge in [0.1, 0.15) is 0 Å². The summed E-state index contributed by atoms with van der Waals surface area (Å²) in [5.41, 5.74) is 12.3. The average molecular weight is 772 g/mol. The van der Waals surface area contributed by atoms with Gasteiger partial charge in [0.15, 0.2) is 28.8 Å². The monoisotopic (exact) mass is 771 g/mol. The largest absolute Gasteiger partial charge is 0.238 e. The molecule has 0 radical (unpaired) electrons. The zero-order chi connectivity index (χ0) is 40.2. The lowest BCUT2D eigenvalue weighted by Gasteiger charge is -2.57. The lowest BCUT2D eigenvalue weighted by atomic mass is 9.48. The summed E-state index contributed by atoms with van der Waals surface area (Å²) in [4.78, 5) is 22.7. The van der Waals surface area contributed by atoms with Crippen molar-refractivity contribution in [2.75, 3.05) is 0 Å². The molecule has 4 saturated carbocycles. The van der Waals surface area contributed by atoms with Crippen LogP contribution in [0.25, 0.3) is 88.0 Å². The van der Waals surface area contributed by atoms with Crippen molar-refractivity contribution < 1.29 is 0 Å². The lowest BCUT2D eigenvalue weighted by Crippen LogP contribution is -2.48. The van der Waals surface area contributed by atoms with Crippen LogP contribution in [0.3, 0.4) is 0 Å². The first-order chi connectivity index (χ1) is 29.5. The van der Waals surface area contributed by atoms with Crippen LogP contribution in [-0.4, -0.2) is 15.0 Å². The van der Waals surface area contributed by atoms with Gasteiger partial charge in [0.05, 0.1) is 13.1 Å². The fourth-order valence-electron chi connectivity index (χ4n) is 11.1. The molecule has 0 atom stereocenters. The molecule has 60 heavy (non-hydrogen) atoms. The Hall–Kier alpha value is -7.21. The molecule has 286 valence electrons. The molecule has 4 fully saturated rings. The van der Waals surface area contributed by atoms with Crippen molar-refractivity contribution >= 4 is 22.1 Å². The second kappa shape index (κ2) is 14.6. The maximum absolute atomic E-state index is 7.39. The number of nitrogens with zero attached hydrogens (tertiary/aromatic N) is 5. The van der Waals surface area contributed by atoms with Gasteiger partial charge in [-0.2, -0.15) is 0 Å². The zero-order valence-corrected chi connectivity index (χ0v) is 33.2. The molecule has 4 bridgehead atoms. The molecular weight excluding hydrogens is 731 g/mol. The first kappa shape index (κ1) is 35.9. The SMILES string of the molecule is [C-]#[N+]c1ccc(-c2cccc(-c3nc(-c4cccc(-c5ccc([N+]#[C-])cc5)c4)nc(-c4ccc(-c5ccc(C67CC8CC(CC(C8)C6)C7)cc5)c5ccccc45)n3)c2)cc1. The molecule has 4 aliphatic rings. The minimum atomic E-state index is 0.373. The number of fused-ring (bicyclic) bond motifs is 1. The van der Waals surface area contributed by atoms with Gasteiger partial charge in [-0.05, 0) is 130 Å². The molecule has 1 heterocycles. The Labute approximate surface area is 351 Å². The van der Waals surface area contributed by atoms with Crippen LogP contribution in [0, 0.1) is 30.9 Å². The smallest absolute Gasteiger partial charge is 0.187 e. The molecular formula is C55H41N5. The van der Waals surface area contributed by atoms with Crippen molar-refractivity contribution in [2.45, 2.75) is 43.9 Å². The summed E-state index contributed by atoms with van der Waals surface area (Å²) in [6, 6.07) is 54.5. The van der Waals surface area contributed by atoms with Crippen LogP contribution >= 0.6 is 0 Å². The van der Waals surface area contributed by atoms with Crippen molar-refractivity contribution in [1.29, 1.82) is 0 Å². The Kier molecular flexibility index (Phi) is 8.72. The van der Waals surface area contributed by atoms with Crippen molar-refractivity contribution in [2.24, 2.45) is 17.8 Å². The zero-order valence-electron chi connectivity index (χ0n) is 33.2. The van der Waals surface area contributed by atoms with E-state index in [1.807, 2.05) is 72.8 Å². The fraction of sp³-hybridized carbons (Fsp3) is 0.182. The van der Waals surface area contributed by atoms with Crippen LogP contribution in [0.1, 0.15) is 44.1 Å². The van der Waals surface area contributed by atoms with Gasteiger partial charge in [-0.3, -0.25) is 0 Å². The summed E-state index contributed by atoms with van der Waals surface area (Å²) in [7, 11) is 0. The van der Waals surface area contributed by atoms with E-state index >= 15 is 0 Å². The fourth-order valence-corrected chi connectivity index (χ4v) is 11.1. The van der Waals surface area contributed by atoms with E-state index < -0.39 is 0 Å². The van der Waals surface area contributed by atoms with Gasteiger partial charge in [0.2, 0.25) is 0 Å². The molecule has 4 aliphatic carbocycles. The molecule has 0 aliphatic heterocycles. The summed E-state index contributed by atoms with van der Waals surface area (Å²) in [5.74, 6) is 4.52. The summed E-state index contributed by atoms with van der Waals surface area (Å²) in [6.45, 7) is 14.8. The number of benzene rings is 7. The van der Waals surface area contributed by atoms with E-state index in [1.165, 1.54) is 49.7 Å². The predicted molar refractivity (Wildman–Crippen MR) is 242 cm³/mol. The maximum atomic E-state index is 7.39. The minimum Gasteiger partial charge on any atom is -0.238 e. The van der Waals surface area contributed by atoms with Gasteiger partial charge in [0, 0.05) is 16.7 Å². The van der Waals surface area contributed by atoms with E-state index in [1.54, 1.807) is 5.56 Å². The highest BCUT2D eigenvalue weighted by Crippen LogP contribution is 2.60. The standard InChI is InChI=1S/C55H41N5/c1-56-46-21-15-38(16-22-46)41-7-5-9-43(30-41)52-58-53(44-10-6-8-42(31-44)39-17-23-47(57-2)24-18-39)60-54(59-52)51-26-25-48(49-11-3-4-12-50(49)51)40-13-19-45(20-14-40)55-32-35-27-36(33-55)29-37(28-35)34-55/h3-26,30-31,35-37H,27-29,32-34H2. The topological polar surface area (TPSA) is 47.4 Å². The van der Waals surface area contributed by atoms with E-state index in [0.29, 0.717) is 34.3 Å². The molecule has 7 aromatic carbocycles. The van der Waals surface area contributed by atoms with Gasteiger partial charge in [-0.15, -0.1) is 0 Å². The second-order valence-corrected chi connectivity index (χ2v) is 17.3. The van der Waals surface area contributed by atoms with E-state index in [-0.39, 0.29) is 0 Å². The number of aromatic nitrogens is 3. The Morgan fingerprint density at radius 2 is 0.833 bits per heavy atom. The molecule has 0 N–H and O–H groups in total. The Bertz CT molecular complexity index is 2870. The van der Waals surface area contributed by atoms with Crippen LogP contribution in [0.2, 0.25) is 0 Å². The van der Waals surface area contributed by atoms with Gasteiger partial charge in [-0.25, -0.2) is 24.6 Å². The Morgan fingerprint density at radius 3 is 1.33 bits per heavy atom. The van der Waals surface area contributed by atoms with Gasteiger partial charge in [-0.1, -0.05) is 140 Å². The Balaban J connectivity index is 1.01. The highest BCUT2D eigenvalue weighted by atomic mass is 15.0. The predicted octanol–water partition coefficient (Wildman–Crippen LogP) is 14.6. The molecule has 1 aromatic heterocycles. The molecule has 8 aromatic rings. The molecule has 12 rings (SSSR count). The van der Waals surface area contributed by atoms with Crippen LogP contribution in [0.5, 0.6) is 0 Å². The normalized spacial score (nSPS) is 20.1. The van der Waals surface area contributed by atoms with Gasteiger partial charge in [0.25, 0.3) is 0 Å². The van der Waals surface area contributed by atoms with Crippen molar-refractivity contribution in [3.05, 3.63) is 186 Å². The average Bonchev–Trinajstić information content (AvgIpc) is 3.31. The first-order valence-electron chi connectivity index (χ1n) is 21.1. The van der Waals surface area contributed by atoms with E-state index in [9.17, 15) is 0 Å². The minimum absolute atomic E-state index is 0.373. The first-order valence-corrected chi connectivity index (χ1v) is 21.1. The van der Waals surface area contributed by atoms with Gasteiger partial charge < -0.3 is 0 Å². The third-order valence-electron chi connectivity index (χ3n) is 13.5. The third kappa shape index (κ3) is 6.44. The highest BCUT2D eigenvalue weighted by Gasteiger charge is 2.51. The second-order valence-electron chi connectivity index (χ2n) is 17.3. The molecule has 0 spiro atoms. The van der Waals surface area contributed by atoms with Crippen LogP contribution in [-0.2, 0) is 5.41 Å². The van der Waals surface area contributed by atoms with E-state index in [2.05, 4.69) is 94.6 Å². The molecule has 5 heteroatoms. The van der Waals surface area contributed by atoms with E-state index in [4.69, 9.17) is 28.1 Å². The number of hydrogen-bond acceptors (Lipinski definition) is 3. The summed E-state index contributed by atoms with van der Waals surface area (Å²) < 4.78 is 0. The number of hydrogen-bond donors (Lipinski definition) is 0. The van der Waals surface area contributed by atoms with E-state index in [0.717, 1.165) is 67.5 Å². The number of rotatable bonds is 7. The summed E-state index contributed by atoms with van der Waals surface area (Å²) in [6.07, 6.45) is 8.47. The van der Waals surface area contributed by atoms with Crippen molar-refractivity contribution in [1.82, 2.24) is 15.0 Å². The van der Waals surface area contributed by atoms with Crippen molar-refractivity contribution in [3.8, 4) is 67.5 Å². The quantitative estimate of drug-likeness (QED) is 0.152. The Morgan fingerprint density at radius 1 is 0.400 bits per heavy atom. The van der Waals surface area contributed by atoms with Crippen molar-refractivity contribution in [3.63, 3.8) is 0 Å². The summed E-state index contributed by atoms with van der Waals surface area (Å²) in [5, 5.41) is 2.25. The third-order valence-corrected chi connectivity index (χ3v) is 13.5. The maximum Gasteiger partial charge on any atom is 0.187 e. The highest BCUT2D eigenvalue weighted by molar-refractivity contribution is 6.04. The molecule has 0 unspecified atom stereocenters. The van der Waals surface area contributed by atoms with Crippen LogP contribution in [0.4, 0.5) is 11.4 Å². The van der Waals surface area contributed by atoms with Crippen LogP contribution < -0.4 is 0 Å². The van der Waals surface area contributed by atoms with Gasteiger partial charge >= 0.3 is 0 Å².